The molecular formula is C6H8ClTi. The summed E-state index contributed by atoms with van der Waals surface area (Å²) in [6, 6.07) is 0. The molecule has 43 valence electrons. The molecule has 0 aromatic rings. The Balaban J connectivity index is 0.000000222. The number of alkyl halides is 1. The third-order valence-electron chi connectivity index (χ3n) is 0.771. The molecule has 8 heavy (non-hydrogen) atoms. The monoisotopic (exact) mass is 163 g/mol. The van der Waals surface area contributed by atoms with Gasteiger partial charge in [0.25, 0.3) is 0 Å². The summed E-state index contributed by atoms with van der Waals surface area (Å²) in [5.41, 5.74) is 0. The predicted molar refractivity (Wildman–Crippen MR) is 33.6 cm³/mol. The van der Waals surface area contributed by atoms with Crippen molar-refractivity contribution < 1.29 is 20.4 Å². The van der Waals surface area contributed by atoms with Crippen molar-refractivity contribution in [2.75, 3.05) is 6.38 Å². The van der Waals surface area contributed by atoms with Crippen molar-refractivity contribution in [2.45, 2.75) is 6.42 Å². The second kappa shape index (κ2) is 5.62. The molecular weight excluding hydrogens is 155 g/mol. The van der Waals surface area contributed by atoms with Crippen LogP contribution < -0.4 is 0 Å². The first kappa shape index (κ1) is 8.48. The number of hydrogen-bond acceptors (Lipinski definition) is 0. The van der Waals surface area contributed by atoms with Crippen LogP contribution in [0.15, 0.2) is 22.1 Å². The van der Waals surface area contributed by atoms with E-state index in [4.69, 9.17) is 0 Å². The van der Waals surface area contributed by atoms with Crippen LogP contribution in [-0.4, -0.2) is 6.38 Å². The SMILES string of the molecule is CCl.[Ti][C]1=CC=CC1. The van der Waals surface area contributed by atoms with Gasteiger partial charge in [-0.2, -0.15) is 0 Å². The molecule has 0 saturated heterocycles. The molecule has 0 aliphatic heterocycles. The van der Waals surface area contributed by atoms with Crippen molar-refractivity contribution in [1.29, 1.82) is 0 Å². The van der Waals surface area contributed by atoms with Gasteiger partial charge in [-0.15, -0.1) is 11.6 Å². The first-order valence-electron chi connectivity index (χ1n) is 2.35. The Morgan fingerprint density at radius 3 is 2.38 bits per heavy atom. The molecule has 0 unspecified atom stereocenters. The van der Waals surface area contributed by atoms with E-state index in [-0.39, 0.29) is 0 Å². The van der Waals surface area contributed by atoms with Crippen LogP contribution in [0.25, 0.3) is 0 Å². The molecule has 0 spiro atoms. The van der Waals surface area contributed by atoms with Gasteiger partial charge in [-0.1, -0.05) is 0 Å². The molecule has 1 aliphatic carbocycles. The van der Waals surface area contributed by atoms with Crippen LogP contribution in [0.1, 0.15) is 6.42 Å². The van der Waals surface area contributed by atoms with Gasteiger partial charge in [-0.05, 0) is 0 Å². The fraction of sp³-hybridized carbons (Fsp3) is 0.333. The Bertz CT molecular complexity index is 105. The van der Waals surface area contributed by atoms with Crippen LogP contribution in [-0.2, 0) is 20.4 Å². The van der Waals surface area contributed by atoms with Gasteiger partial charge in [0, 0.05) is 6.38 Å². The maximum atomic E-state index is 4.64. The van der Waals surface area contributed by atoms with Gasteiger partial charge >= 0.3 is 49.0 Å². The second-order valence-electron chi connectivity index (χ2n) is 1.32. The van der Waals surface area contributed by atoms with Crippen LogP contribution in [0.3, 0.4) is 0 Å². The Morgan fingerprint density at radius 2 is 2.25 bits per heavy atom. The molecule has 0 nitrogen and oxygen atoms in total. The van der Waals surface area contributed by atoms with Gasteiger partial charge in [-0.25, -0.2) is 0 Å². The van der Waals surface area contributed by atoms with Gasteiger partial charge in [0.15, 0.2) is 0 Å². The van der Waals surface area contributed by atoms with Crippen LogP contribution >= 0.6 is 11.6 Å². The van der Waals surface area contributed by atoms with Crippen molar-refractivity contribution in [1.82, 2.24) is 0 Å². The van der Waals surface area contributed by atoms with Crippen molar-refractivity contribution in [3.63, 3.8) is 0 Å². The van der Waals surface area contributed by atoms with E-state index in [9.17, 15) is 0 Å². The Kier molecular flexibility index (Phi) is 5.96. The van der Waals surface area contributed by atoms with Crippen molar-refractivity contribution >= 4 is 11.6 Å². The second-order valence-corrected chi connectivity index (χ2v) is 2.33. The van der Waals surface area contributed by atoms with Crippen molar-refractivity contribution in [2.24, 2.45) is 0 Å². The molecule has 0 N–H and O–H groups in total. The molecule has 0 saturated carbocycles. The molecule has 0 aromatic heterocycles. The van der Waals surface area contributed by atoms with E-state index >= 15 is 0 Å². The molecule has 0 radical (unpaired) electrons. The summed E-state index contributed by atoms with van der Waals surface area (Å²) >= 11 is 6.78. The quantitative estimate of drug-likeness (QED) is 0.379. The summed E-state index contributed by atoms with van der Waals surface area (Å²) in [7, 11) is 0. The van der Waals surface area contributed by atoms with Gasteiger partial charge in [0.1, 0.15) is 0 Å². The molecule has 0 fully saturated rings. The van der Waals surface area contributed by atoms with Crippen LogP contribution in [0.2, 0.25) is 0 Å². The van der Waals surface area contributed by atoms with Crippen LogP contribution in [0.5, 0.6) is 0 Å². The molecule has 0 bridgehead atoms. The number of allylic oxidation sites excluding steroid dienone is 4. The molecule has 0 amide bonds. The van der Waals surface area contributed by atoms with E-state index in [1.807, 2.05) is 0 Å². The maximum absolute atomic E-state index is 4.64. The Hall–Kier alpha value is 0.484. The molecule has 1 aliphatic rings. The fourth-order valence-corrected chi connectivity index (χ4v) is 0.782. The molecule has 1 rings (SSSR count). The Morgan fingerprint density at radius 1 is 1.62 bits per heavy atom. The number of rotatable bonds is 0. The molecule has 0 aromatic carbocycles. The molecule has 0 atom stereocenters. The first-order valence-corrected chi connectivity index (χ1v) is 3.88. The van der Waals surface area contributed by atoms with E-state index in [1.54, 1.807) is 0 Å². The summed E-state index contributed by atoms with van der Waals surface area (Å²) < 4.78 is 1.47. The van der Waals surface area contributed by atoms with Crippen molar-refractivity contribution in [3.8, 4) is 0 Å². The zero-order chi connectivity index (χ0) is 6.41. The van der Waals surface area contributed by atoms with Crippen LogP contribution in [0, 0.1) is 0 Å². The third-order valence-corrected chi connectivity index (χ3v) is 1.35. The first-order chi connectivity index (χ1) is 3.89. The number of hydrogen-bond donors (Lipinski definition) is 0. The van der Waals surface area contributed by atoms with Gasteiger partial charge < -0.3 is 0 Å². The standard InChI is InChI=1S/C5H5.CH3Cl.Ti/c1-2-4-5-3-1;1-2;/h1-3H,4H2;1H3;. The zero-order valence-electron chi connectivity index (χ0n) is 4.82. The molecule has 2 heteroatoms. The van der Waals surface area contributed by atoms with Gasteiger partial charge in [-0.3, -0.25) is 0 Å². The van der Waals surface area contributed by atoms with E-state index in [0.717, 1.165) is 0 Å². The minimum atomic E-state index is 1.17. The average Bonchev–Trinajstić information content (AvgIpc) is 2.24. The van der Waals surface area contributed by atoms with Gasteiger partial charge in [0.05, 0.1) is 0 Å². The summed E-state index contributed by atoms with van der Waals surface area (Å²) in [4.78, 5) is 0. The summed E-state index contributed by atoms with van der Waals surface area (Å²) in [5.74, 6) is 0. The summed E-state index contributed by atoms with van der Waals surface area (Å²) in [5, 5.41) is 0. The zero-order valence-corrected chi connectivity index (χ0v) is 7.13. The third kappa shape index (κ3) is 3.48. The Labute approximate surface area is 67.0 Å². The average molecular weight is 163 g/mol. The van der Waals surface area contributed by atoms with E-state index in [0.29, 0.717) is 0 Å². The predicted octanol–water partition coefficient (Wildman–Crippen LogP) is 2.23. The number of halogens is 1. The van der Waals surface area contributed by atoms with Crippen LogP contribution in [0.4, 0.5) is 0 Å². The summed E-state index contributed by atoms with van der Waals surface area (Å²) in [6.45, 7) is 0. The topological polar surface area (TPSA) is 0 Å². The minimum absolute atomic E-state index is 1.17. The van der Waals surface area contributed by atoms with Gasteiger partial charge in [0.2, 0.25) is 0 Å². The van der Waals surface area contributed by atoms with E-state index in [1.165, 1.54) is 16.7 Å². The molecule has 0 heterocycles. The van der Waals surface area contributed by atoms with E-state index < -0.39 is 0 Å². The fourth-order valence-electron chi connectivity index (χ4n) is 0.447. The van der Waals surface area contributed by atoms with E-state index in [2.05, 4.69) is 50.3 Å². The normalized spacial score (nSPS) is 14.4. The van der Waals surface area contributed by atoms with Crippen molar-refractivity contribution in [3.05, 3.63) is 22.1 Å². The summed E-state index contributed by atoms with van der Waals surface area (Å²) in [6.07, 6.45) is 9.03.